The summed E-state index contributed by atoms with van der Waals surface area (Å²) in [5, 5.41) is 7.42. The Morgan fingerprint density at radius 3 is 2.55 bits per heavy atom. The van der Waals surface area contributed by atoms with Crippen molar-refractivity contribution in [2.24, 2.45) is 0 Å². The number of hydrogen-bond acceptors (Lipinski definition) is 5. The molecule has 0 spiro atoms. The van der Waals surface area contributed by atoms with Gasteiger partial charge in [-0.25, -0.2) is 0 Å². The smallest absolute Gasteiger partial charge is 0.300 e. The van der Waals surface area contributed by atoms with Gasteiger partial charge in [-0.15, -0.1) is 0 Å². The molecule has 0 atom stereocenters. The molecule has 0 fully saturated rings. The predicted molar refractivity (Wildman–Crippen MR) is 68.9 cm³/mol. The Kier molecular flexibility index (Phi) is 5.52. The van der Waals surface area contributed by atoms with Crippen LogP contribution < -0.4 is 9.47 Å². The monoisotopic (exact) mass is 281 g/mol. The van der Waals surface area contributed by atoms with Crippen LogP contribution in [0.15, 0.2) is 18.2 Å². The van der Waals surface area contributed by atoms with Crippen molar-refractivity contribution in [1.29, 1.82) is 0 Å². The molecule has 108 valence electrons. The first kappa shape index (κ1) is 15.5. The summed E-state index contributed by atoms with van der Waals surface area (Å²) >= 11 is 0. The Labute approximate surface area is 115 Å². The number of ether oxygens (including phenoxy) is 2. The number of carboxylic acids is 1. The van der Waals surface area contributed by atoms with Crippen LogP contribution in [-0.4, -0.2) is 48.6 Å². The molecule has 0 aliphatic carbocycles. The van der Waals surface area contributed by atoms with Gasteiger partial charge >= 0.3 is 0 Å². The molecule has 20 heavy (non-hydrogen) atoms. The number of carboxylic acid groups (broad SMARTS) is 1. The molecule has 0 unspecified atom stereocenters. The Morgan fingerprint density at radius 2 is 1.95 bits per heavy atom. The molecule has 1 N–H and O–H groups in total. The number of fused-ring (bicyclic) bond motifs is 1. The lowest BCUT2D eigenvalue weighted by molar-refractivity contribution is -0.134. The van der Waals surface area contributed by atoms with Crippen molar-refractivity contribution < 1.29 is 29.0 Å². The highest BCUT2D eigenvalue weighted by molar-refractivity contribution is 5.95. The maximum atomic E-state index is 11.8. The lowest BCUT2D eigenvalue weighted by atomic mass is 10.2. The number of carbonyl (C=O) groups is 3. The highest BCUT2D eigenvalue weighted by Crippen LogP contribution is 2.32. The van der Waals surface area contributed by atoms with Crippen LogP contribution in [0.1, 0.15) is 17.3 Å². The van der Waals surface area contributed by atoms with E-state index in [0.29, 0.717) is 23.3 Å². The van der Waals surface area contributed by atoms with Crippen molar-refractivity contribution in [1.82, 2.24) is 4.90 Å². The fourth-order valence-corrected chi connectivity index (χ4v) is 1.44. The van der Waals surface area contributed by atoms with E-state index in [1.807, 2.05) is 0 Å². The third-order valence-corrected chi connectivity index (χ3v) is 2.31. The largest absolute Gasteiger partial charge is 0.481 e. The van der Waals surface area contributed by atoms with Crippen LogP contribution in [0.25, 0.3) is 0 Å². The average Bonchev–Trinajstić information content (AvgIpc) is 2.84. The van der Waals surface area contributed by atoms with Gasteiger partial charge in [-0.3, -0.25) is 9.59 Å². The maximum absolute atomic E-state index is 11.8. The summed E-state index contributed by atoms with van der Waals surface area (Å²) in [6, 6.07) is 4.95. The quantitative estimate of drug-likeness (QED) is 0.823. The van der Waals surface area contributed by atoms with Gasteiger partial charge in [-0.1, -0.05) is 0 Å². The van der Waals surface area contributed by atoms with Gasteiger partial charge in [0.05, 0.1) is 6.54 Å². The molecular weight excluding hydrogens is 266 g/mol. The molecule has 7 heteroatoms. The van der Waals surface area contributed by atoms with Crippen LogP contribution in [0.3, 0.4) is 0 Å². The van der Waals surface area contributed by atoms with Crippen molar-refractivity contribution in [2.45, 2.75) is 6.92 Å². The normalized spacial score (nSPS) is 11.1. The number of aliphatic carboxylic acids is 1. The van der Waals surface area contributed by atoms with Crippen molar-refractivity contribution in [3.8, 4) is 11.5 Å². The summed E-state index contributed by atoms with van der Waals surface area (Å²) in [4.78, 5) is 32.4. The Hall–Kier alpha value is -2.57. The summed E-state index contributed by atoms with van der Waals surface area (Å²) in [5.74, 6) is 0.144. The van der Waals surface area contributed by atoms with Gasteiger partial charge in [0.1, 0.15) is 6.29 Å². The summed E-state index contributed by atoms with van der Waals surface area (Å²) in [6.45, 7) is 1.34. The van der Waals surface area contributed by atoms with Crippen LogP contribution in [-0.2, 0) is 9.59 Å². The van der Waals surface area contributed by atoms with Crippen LogP contribution in [0.4, 0.5) is 0 Å². The number of carbonyl (C=O) groups excluding carboxylic acids is 2. The number of amides is 1. The lowest BCUT2D eigenvalue weighted by Gasteiger charge is -2.13. The minimum atomic E-state index is -0.833. The Balaban J connectivity index is 0.000000444. The van der Waals surface area contributed by atoms with Crippen molar-refractivity contribution in [3.63, 3.8) is 0 Å². The first-order valence-corrected chi connectivity index (χ1v) is 5.74. The number of likely N-dealkylation sites (N-methyl/N-ethyl adjacent to an activating group) is 1. The molecule has 1 aliphatic rings. The number of aldehydes is 1. The van der Waals surface area contributed by atoms with Gasteiger partial charge in [0, 0.05) is 19.5 Å². The zero-order valence-corrected chi connectivity index (χ0v) is 11.2. The topological polar surface area (TPSA) is 93.1 Å². The Bertz CT molecular complexity index is 510. The van der Waals surface area contributed by atoms with E-state index in [-0.39, 0.29) is 19.2 Å². The molecular formula is C13H15NO6. The molecule has 7 nitrogen and oxygen atoms in total. The molecule has 2 rings (SSSR count). The SMILES string of the molecule is CC(=O)O.CN(CC=O)C(=O)c1ccc2c(c1)OCO2. The summed E-state index contributed by atoms with van der Waals surface area (Å²) in [6.07, 6.45) is 0.685. The molecule has 1 aromatic carbocycles. The molecule has 0 aromatic heterocycles. The lowest BCUT2D eigenvalue weighted by Crippen LogP contribution is -2.28. The second-order valence-corrected chi connectivity index (χ2v) is 3.94. The van der Waals surface area contributed by atoms with Crippen LogP contribution >= 0.6 is 0 Å². The van der Waals surface area contributed by atoms with Gasteiger partial charge in [0.2, 0.25) is 6.79 Å². The van der Waals surface area contributed by atoms with Crippen molar-refractivity contribution in [2.75, 3.05) is 20.4 Å². The number of rotatable bonds is 3. The Morgan fingerprint density at radius 1 is 1.35 bits per heavy atom. The van der Waals surface area contributed by atoms with Crippen molar-refractivity contribution >= 4 is 18.2 Å². The molecule has 1 aliphatic heterocycles. The van der Waals surface area contributed by atoms with E-state index < -0.39 is 5.97 Å². The first-order valence-electron chi connectivity index (χ1n) is 5.74. The zero-order chi connectivity index (χ0) is 15.1. The molecule has 0 saturated carbocycles. The fourth-order valence-electron chi connectivity index (χ4n) is 1.44. The zero-order valence-electron chi connectivity index (χ0n) is 11.2. The number of benzene rings is 1. The average molecular weight is 281 g/mol. The third kappa shape index (κ3) is 4.27. The van der Waals surface area contributed by atoms with E-state index in [1.54, 1.807) is 25.2 Å². The summed E-state index contributed by atoms with van der Waals surface area (Å²) in [5.41, 5.74) is 0.480. The number of nitrogens with zero attached hydrogens (tertiary/aromatic N) is 1. The summed E-state index contributed by atoms with van der Waals surface area (Å²) in [7, 11) is 1.57. The minimum Gasteiger partial charge on any atom is -0.481 e. The second kappa shape index (κ2) is 7.13. The summed E-state index contributed by atoms with van der Waals surface area (Å²) < 4.78 is 10.3. The molecule has 0 bridgehead atoms. The third-order valence-electron chi connectivity index (χ3n) is 2.31. The van der Waals surface area contributed by atoms with Crippen LogP contribution in [0.2, 0.25) is 0 Å². The van der Waals surface area contributed by atoms with E-state index in [2.05, 4.69) is 0 Å². The molecule has 1 amide bonds. The van der Waals surface area contributed by atoms with Crippen molar-refractivity contribution in [3.05, 3.63) is 23.8 Å². The highest BCUT2D eigenvalue weighted by Gasteiger charge is 2.17. The molecule has 0 saturated heterocycles. The van der Waals surface area contributed by atoms with Gasteiger partial charge < -0.3 is 24.3 Å². The molecule has 0 radical (unpaired) electrons. The molecule has 1 heterocycles. The number of hydrogen-bond donors (Lipinski definition) is 1. The standard InChI is InChI=1S/C11H11NO4.C2H4O2/c1-12(4-5-13)11(14)8-2-3-9-10(6-8)16-7-15-9;1-2(3)4/h2-3,5-6H,4,7H2,1H3;1H3,(H,3,4). The first-order chi connectivity index (χ1) is 9.45. The van der Waals surface area contributed by atoms with Gasteiger partial charge in [-0.05, 0) is 18.2 Å². The predicted octanol–water partition coefficient (Wildman–Crippen LogP) is 0.777. The van der Waals surface area contributed by atoms with Gasteiger partial charge in [-0.2, -0.15) is 0 Å². The van der Waals surface area contributed by atoms with E-state index in [9.17, 15) is 9.59 Å². The minimum absolute atomic E-state index is 0.0767. The van der Waals surface area contributed by atoms with E-state index >= 15 is 0 Å². The van der Waals surface area contributed by atoms with Crippen LogP contribution in [0, 0.1) is 0 Å². The van der Waals surface area contributed by atoms with E-state index in [0.717, 1.165) is 6.92 Å². The molecule has 1 aromatic rings. The highest BCUT2D eigenvalue weighted by atomic mass is 16.7. The maximum Gasteiger partial charge on any atom is 0.300 e. The van der Waals surface area contributed by atoms with Gasteiger partial charge in [0.15, 0.2) is 11.5 Å². The fraction of sp³-hybridized carbons (Fsp3) is 0.308. The van der Waals surface area contributed by atoms with Gasteiger partial charge in [0.25, 0.3) is 11.9 Å². The van der Waals surface area contributed by atoms with Crippen LogP contribution in [0.5, 0.6) is 11.5 Å². The second-order valence-electron chi connectivity index (χ2n) is 3.94. The van der Waals surface area contributed by atoms with E-state index in [1.165, 1.54) is 4.90 Å². The van der Waals surface area contributed by atoms with E-state index in [4.69, 9.17) is 19.4 Å².